The molecule has 0 amide bonds. The highest BCUT2D eigenvalue weighted by atomic mass is 35.5. The van der Waals surface area contributed by atoms with Gasteiger partial charge >= 0.3 is 5.97 Å². The number of hydrogen-bond donors (Lipinski definition) is 1. The Morgan fingerprint density at radius 3 is 1.76 bits per heavy atom. The molecule has 0 saturated heterocycles. The van der Waals surface area contributed by atoms with Crippen molar-refractivity contribution in [1.29, 1.82) is 0 Å². The second-order valence-corrected chi connectivity index (χ2v) is 11.6. The fourth-order valence-electron chi connectivity index (χ4n) is 4.14. The zero-order chi connectivity index (χ0) is 26.3. The van der Waals surface area contributed by atoms with Gasteiger partial charge in [-0.15, -0.1) is 0 Å². The molecule has 1 N–H and O–H groups in total. The second-order valence-electron chi connectivity index (χ2n) is 8.53. The first kappa shape index (κ1) is 26.0. The average molecular weight is 556 g/mol. The maximum absolute atomic E-state index is 12.9. The van der Waals surface area contributed by atoms with Crippen molar-refractivity contribution >= 4 is 64.4 Å². The van der Waals surface area contributed by atoms with Crippen molar-refractivity contribution in [2.24, 2.45) is 0 Å². The van der Waals surface area contributed by atoms with Crippen LogP contribution in [0.1, 0.15) is 5.56 Å². The van der Waals surface area contributed by atoms with Gasteiger partial charge in [-0.2, -0.15) is 0 Å². The summed E-state index contributed by atoms with van der Waals surface area (Å²) in [6, 6.07) is 41.6. The summed E-state index contributed by atoms with van der Waals surface area (Å²) >= 11 is 12.6. The van der Waals surface area contributed by atoms with Crippen molar-refractivity contribution in [3.8, 4) is 5.75 Å². The maximum Gasteiger partial charge on any atom is 0.315 e. The number of halogens is 2. The molecule has 0 fully saturated rings. The molecular formula is C32H24Cl2NO2P. The van der Waals surface area contributed by atoms with Crippen LogP contribution in [-0.4, -0.2) is 5.97 Å². The molecule has 5 rings (SSSR count). The SMILES string of the molecule is O=C(Cc1ccccc1Nc1c(Cl)cccc1Cl)Oc1ccc(P(c2ccccc2)c2ccccc2)cc1. The van der Waals surface area contributed by atoms with Gasteiger partial charge in [-0.3, -0.25) is 4.79 Å². The highest BCUT2D eigenvalue weighted by Crippen LogP contribution is 2.35. The van der Waals surface area contributed by atoms with Gasteiger partial charge in [0.05, 0.1) is 22.2 Å². The zero-order valence-corrected chi connectivity index (χ0v) is 22.8. The summed E-state index contributed by atoms with van der Waals surface area (Å²) < 4.78 is 5.71. The van der Waals surface area contributed by atoms with Gasteiger partial charge < -0.3 is 10.1 Å². The third-order valence-electron chi connectivity index (χ3n) is 5.93. The van der Waals surface area contributed by atoms with Crippen LogP contribution >= 0.6 is 31.1 Å². The van der Waals surface area contributed by atoms with Crippen molar-refractivity contribution in [3.63, 3.8) is 0 Å². The van der Waals surface area contributed by atoms with Crippen molar-refractivity contribution in [3.05, 3.63) is 143 Å². The van der Waals surface area contributed by atoms with Crippen LogP contribution in [0.15, 0.2) is 127 Å². The van der Waals surface area contributed by atoms with Crippen LogP contribution < -0.4 is 26.0 Å². The molecule has 188 valence electrons. The Hall–Kier alpha value is -3.62. The van der Waals surface area contributed by atoms with Crippen molar-refractivity contribution in [1.82, 2.24) is 0 Å². The van der Waals surface area contributed by atoms with Crippen LogP contribution in [0.25, 0.3) is 0 Å². The van der Waals surface area contributed by atoms with E-state index >= 15 is 0 Å². The number of para-hydroxylation sites is 2. The molecule has 0 heterocycles. The topological polar surface area (TPSA) is 38.3 Å². The summed E-state index contributed by atoms with van der Waals surface area (Å²) in [7, 11) is -0.723. The Kier molecular flexibility index (Phi) is 8.41. The molecule has 0 atom stereocenters. The van der Waals surface area contributed by atoms with Crippen molar-refractivity contribution in [2.45, 2.75) is 6.42 Å². The lowest BCUT2D eigenvalue weighted by molar-refractivity contribution is -0.133. The van der Waals surface area contributed by atoms with E-state index in [1.165, 1.54) is 15.9 Å². The van der Waals surface area contributed by atoms with E-state index in [0.717, 1.165) is 11.3 Å². The number of benzene rings is 5. The fraction of sp³-hybridized carbons (Fsp3) is 0.0312. The van der Waals surface area contributed by atoms with Crippen LogP contribution in [0, 0.1) is 0 Å². The first-order valence-electron chi connectivity index (χ1n) is 12.1. The Labute approximate surface area is 233 Å². The van der Waals surface area contributed by atoms with E-state index in [9.17, 15) is 4.79 Å². The minimum absolute atomic E-state index is 0.0910. The molecule has 0 aliphatic heterocycles. The smallest absolute Gasteiger partial charge is 0.315 e. The molecule has 0 radical (unpaired) electrons. The second kappa shape index (κ2) is 12.3. The van der Waals surface area contributed by atoms with E-state index < -0.39 is 7.92 Å². The molecule has 3 nitrogen and oxygen atoms in total. The predicted molar refractivity (Wildman–Crippen MR) is 161 cm³/mol. The summed E-state index contributed by atoms with van der Waals surface area (Å²) in [4.78, 5) is 12.9. The van der Waals surface area contributed by atoms with Crippen LogP contribution in [-0.2, 0) is 11.2 Å². The number of carbonyl (C=O) groups excluding carboxylic acids is 1. The quantitative estimate of drug-likeness (QED) is 0.121. The molecule has 0 aliphatic rings. The molecule has 6 heteroatoms. The first-order valence-corrected chi connectivity index (χ1v) is 14.2. The van der Waals surface area contributed by atoms with Gasteiger partial charge in [-0.05, 0) is 59.7 Å². The summed E-state index contributed by atoms with van der Waals surface area (Å²) in [6.07, 6.45) is 0.0910. The van der Waals surface area contributed by atoms with Crippen LogP contribution in [0.2, 0.25) is 10.0 Å². The Morgan fingerprint density at radius 1 is 0.632 bits per heavy atom. The molecule has 38 heavy (non-hydrogen) atoms. The summed E-state index contributed by atoms with van der Waals surface area (Å²) in [6.45, 7) is 0. The largest absolute Gasteiger partial charge is 0.426 e. The molecular weight excluding hydrogens is 532 g/mol. The lowest BCUT2D eigenvalue weighted by Crippen LogP contribution is -2.20. The molecule has 0 spiro atoms. The van der Waals surface area contributed by atoms with E-state index in [-0.39, 0.29) is 12.4 Å². The molecule has 0 saturated carbocycles. The van der Waals surface area contributed by atoms with Gasteiger partial charge in [0.2, 0.25) is 0 Å². The molecule has 0 aliphatic carbocycles. The third kappa shape index (κ3) is 6.26. The summed E-state index contributed by atoms with van der Waals surface area (Å²) in [5.74, 6) is 0.153. The van der Waals surface area contributed by atoms with E-state index in [1.54, 1.807) is 18.2 Å². The average Bonchev–Trinajstić information content (AvgIpc) is 2.94. The Bertz CT molecular complexity index is 1470. The molecule has 0 aromatic heterocycles. The fourth-order valence-corrected chi connectivity index (χ4v) is 6.91. The number of ether oxygens (including phenoxy) is 1. The molecule has 5 aromatic rings. The maximum atomic E-state index is 12.9. The summed E-state index contributed by atoms with van der Waals surface area (Å²) in [5.41, 5.74) is 2.12. The number of carbonyl (C=O) groups is 1. The Morgan fingerprint density at radius 2 is 1.16 bits per heavy atom. The molecule has 0 unspecified atom stereocenters. The van der Waals surface area contributed by atoms with Gasteiger partial charge in [0.25, 0.3) is 0 Å². The molecule has 0 bridgehead atoms. The lowest BCUT2D eigenvalue weighted by atomic mass is 10.1. The Balaban J connectivity index is 1.31. The minimum atomic E-state index is -0.723. The van der Waals surface area contributed by atoms with Gasteiger partial charge in [-0.1, -0.05) is 120 Å². The van der Waals surface area contributed by atoms with Gasteiger partial charge in [0.15, 0.2) is 0 Å². The van der Waals surface area contributed by atoms with Gasteiger partial charge in [-0.25, -0.2) is 0 Å². The number of esters is 1. The number of nitrogens with one attached hydrogen (secondary N) is 1. The van der Waals surface area contributed by atoms with Crippen LogP contribution in [0.5, 0.6) is 5.75 Å². The first-order chi connectivity index (χ1) is 18.6. The molecule has 5 aromatic carbocycles. The van der Waals surface area contributed by atoms with Crippen molar-refractivity contribution in [2.75, 3.05) is 5.32 Å². The standard InChI is InChI=1S/C32H24Cl2NO2P/c33-28-15-9-16-29(34)32(28)35-30-17-8-7-10-23(30)22-31(36)37-24-18-20-27(21-19-24)38(25-11-3-1-4-12-25)26-13-5-2-6-14-26/h1-21,35H,22H2. The summed E-state index contributed by atoms with van der Waals surface area (Å²) in [5, 5.41) is 7.98. The van der Waals surface area contributed by atoms with Crippen molar-refractivity contribution < 1.29 is 9.53 Å². The highest BCUT2D eigenvalue weighted by Gasteiger charge is 2.17. The van der Waals surface area contributed by atoms with Gasteiger partial charge in [0, 0.05) is 5.69 Å². The van der Waals surface area contributed by atoms with Gasteiger partial charge in [0.1, 0.15) is 5.75 Å². The van der Waals surface area contributed by atoms with E-state index in [4.69, 9.17) is 27.9 Å². The zero-order valence-electron chi connectivity index (χ0n) is 20.4. The normalized spacial score (nSPS) is 10.8. The number of anilines is 2. The van der Waals surface area contributed by atoms with Crippen LogP contribution in [0.4, 0.5) is 11.4 Å². The van der Waals surface area contributed by atoms with E-state index in [1.807, 2.05) is 60.7 Å². The highest BCUT2D eigenvalue weighted by molar-refractivity contribution is 7.79. The third-order valence-corrected chi connectivity index (χ3v) is 9.00. The predicted octanol–water partition coefficient (Wildman–Crippen LogP) is 7.64. The minimum Gasteiger partial charge on any atom is -0.426 e. The van der Waals surface area contributed by atoms with Crippen LogP contribution in [0.3, 0.4) is 0 Å². The monoisotopic (exact) mass is 555 g/mol. The lowest BCUT2D eigenvalue weighted by Gasteiger charge is -2.19. The van der Waals surface area contributed by atoms with E-state index in [0.29, 0.717) is 21.5 Å². The van der Waals surface area contributed by atoms with E-state index in [2.05, 4.69) is 53.8 Å². The number of rotatable bonds is 8. The number of hydrogen-bond acceptors (Lipinski definition) is 3.